The lowest BCUT2D eigenvalue weighted by atomic mass is 10.1. The number of hydrogen-bond donors (Lipinski definition) is 0. The highest BCUT2D eigenvalue weighted by Crippen LogP contribution is 2.34. The molecule has 220 valence electrons. The van der Waals surface area contributed by atoms with Gasteiger partial charge in [0.1, 0.15) is 6.61 Å². The Balaban J connectivity index is 1.24. The van der Waals surface area contributed by atoms with Gasteiger partial charge in [0, 0.05) is 49.2 Å². The number of anilines is 1. The van der Waals surface area contributed by atoms with E-state index in [1.807, 2.05) is 61.5 Å². The van der Waals surface area contributed by atoms with Crippen LogP contribution >= 0.6 is 0 Å². The SMILES string of the molecule is COc1ccc(N2CCCN(Cc3ccnc4c3ccn4S(=O)(=O)c3ccc(C)cc3)C2=O)cc1OCc1ccccc1. The van der Waals surface area contributed by atoms with Crippen molar-refractivity contribution in [3.63, 3.8) is 0 Å². The van der Waals surface area contributed by atoms with Crippen molar-refractivity contribution in [2.45, 2.75) is 31.4 Å². The molecule has 0 unspecified atom stereocenters. The first-order chi connectivity index (χ1) is 20.8. The Kier molecular flexibility index (Phi) is 7.77. The summed E-state index contributed by atoms with van der Waals surface area (Å²) in [6.07, 6.45) is 3.88. The summed E-state index contributed by atoms with van der Waals surface area (Å²) in [5.41, 5.74) is 3.87. The molecule has 3 heterocycles. The van der Waals surface area contributed by atoms with Crippen LogP contribution in [0.5, 0.6) is 11.5 Å². The van der Waals surface area contributed by atoms with Crippen LogP contribution in [0.4, 0.5) is 10.5 Å². The van der Waals surface area contributed by atoms with Crippen LogP contribution in [-0.2, 0) is 23.2 Å². The number of ether oxygens (including phenoxy) is 2. The minimum atomic E-state index is -3.83. The zero-order chi connectivity index (χ0) is 30.0. The molecule has 5 aromatic rings. The Morgan fingerprint density at radius 3 is 2.47 bits per heavy atom. The number of benzene rings is 3. The van der Waals surface area contributed by atoms with Gasteiger partial charge in [-0.2, -0.15) is 0 Å². The average molecular weight is 597 g/mol. The average Bonchev–Trinajstić information content (AvgIpc) is 3.48. The largest absolute Gasteiger partial charge is 0.493 e. The molecule has 3 aromatic carbocycles. The molecule has 1 fully saturated rings. The third-order valence-corrected chi connectivity index (χ3v) is 9.27. The fourth-order valence-electron chi connectivity index (χ4n) is 5.28. The normalized spacial score (nSPS) is 13.9. The molecule has 0 spiro atoms. The van der Waals surface area contributed by atoms with Crippen LogP contribution in [0, 0.1) is 6.92 Å². The van der Waals surface area contributed by atoms with Gasteiger partial charge in [-0.3, -0.25) is 4.90 Å². The quantitative estimate of drug-likeness (QED) is 0.207. The third kappa shape index (κ3) is 5.65. The van der Waals surface area contributed by atoms with Gasteiger partial charge in [-0.05, 0) is 60.9 Å². The van der Waals surface area contributed by atoms with Gasteiger partial charge >= 0.3 is 6.03 Å². The fraction of sp³-hybridized carbons (Fsp3) is 0.212. The van der Waals surface area contributed by atoms with E-state index in [4.69, 9.17) is 9.47 Å². The van der Waals surface area contributed by atoms with Crippen molar-refractivity contribution in [1.29, 1.82) is 0 Å². The van der Waals surface area contributed by atoms with Crippen molar-refractivity contribution in [3.05, 3.63) is 114 Å². The Bertz CT molecular complexity index is 1870. The molecular weight excluding hydrogens is 564 g/mol. The van der Waals surface area contributed by atoms with Crippen LogP contribution in [0.25, 0.3) is 11.0 Å². The maximum absolute atomic E-state index is 13.8. The number of amides is 2. The molecule has 1 aliphatic heterocycles. The lowest BCUT2D eigenvalue weighted by molar-refractivity contribution is 0.192. The highest BCUT2D eigenvalue weighted by molar-refractivity contribution is 7.90. The predicted molar refractivity (Wildman–Crippen MR) is 165 cm³/mol. The lowest BCUT2D eigenvalue weighted by Gasteiger charge is -2.36. The van der Waals surface area contributed by atoms with Crippen molar-refractivity contribution < 1.29 is 22.7 Å². The number of aromatic nitrogens is 2. The van der Waals surface area contributed by atoms with Crippen LogP contribution < -0.4 is 14.4 Å². The molecule has 0 N–H and O–H groups in total. The Hall–Kier alpha value is -4.83. The molecule has 0 radical (unpaired) electrons. The molecule has 43 heavy (non-hydrogen) atoms. The molecule has 2 aromatic heterocycles. The van der Waals surface area contributed by atoms with E-state index in [2.05, 4.69) is 4.98 Å². The van der Waals surface area contributed by atoms with Gasteiger partial charge in [0.25, 0.3) is 10.0 Å². The van der Waals surface area contributed by atoms with E-state index < -0.39 is 10.0 Å². The maximum atomic E-state index is 13.8. The number of aryl methyl sites for hydroxylation is 1. The van der Waals surface area contributed by atoms with Gasteiger partial charge in [0.05, 0.1) is 12.0 Å². The summed E-state index contributed by atoms with van der Waals surface area (Å²) in [4.78, 5) is 21.9. The molecule has 1 aliphatic rings. The molecular formula is C33H32N4O5S. The van der Waals surface area contributed by atoms with Crippen LogP contribution in [-0.4, -0.2) is 48.5 Å². The second-order valence-corrected chi connectivity index (χ2v) is 12.3. The first kappa shape index (κ1) is 28.3. The number of fused-ring (bicyclic) bond motifs is 1. The first-order valence-corrected chi connectivity index (χ1v) is 15.5. The summed E-state index contributed by atoms with van der Waals surface area (Å²) in [6, 6.07) is 25.5. The molecule has 0 saturated carbocycles. The zero-order valence-electron chi connectivity index (χ0n) is 24.0. The summed E-state index contributed by atoms with van der Waals surface area (Å²) < 4.78 is 39.6. The topological polar surface area (TPSA) is 94.0 Å². The van der Waals surface area contributed by atoms with Gasteiger partial charge in [-0.15, -0.1) is 0 Å². The number of rotatable bonds is 9. The van der Waals surface area contributed by atoms with Gasteiger partial charge in [0.2, 0.25) is 0 Å². The summed E-state index contributed by atoms with van der Waals surface area (Å²) in [5.74, 6) is 1.14. The summed E-state index contributed by atoms with van der Waals surface area (Å²) in [7, 11) is -2.24. The molecule has 9 nitrogen and oxygen atoms in total. The van der Waals surface area contributed by atoms with E-state index >= 15 is 0 Å². The number of pyridine rings is 1. The monoisotopic (exact) mass is 596 g/mol. The molecule has 0 bridgehead atoms. The first-order valence-electron chi connectivity index (χ1n) is 14.0. The van der Waals surface area contributed by atoms with E-state index in [1.54, 1.807) is 53.4 Å². The van der Waals surface area contributed by atoms with Gasteiger partial charge in [0.15, 0.2) is 17.1 Å². The van der Waals surface area contributed by atoms with Gasteiger partial charge in [-0.1, -0.05) is 48.0 Å². The predicted octanol–water partition coefficient (Wildman–Crippen LogP) is 6.00. The second-order valence-electron chi connectivity index (χ2n) is 10.5. The smallest absolute Gasteiger partial charge is 0.324 e. The standard InChI is InChI=1S/C33H32N4O5S/c1-24-9-12-28(13-10-24)43(39,40)37-20-16-29-26(15-17-34-32(29)37)22-35-18-6-19-36(33(35)38)27-11-14-30(41-2)31(21-27)42-23-25-7-4-3-5-8-25/h3-5,7-17,20-21H,6,18-19,22-23H2,1-2H3. The number of hydrogen-bond acceptors (Lipinski definition) is 6. The van der Waals surface area contributed by atoms with Gasteiger partial charge in [-0.25, -0.2) is 22.2 Å². The van der Waals surface area contributed by atoms with Crippen molar-refractivity contribution in [1.82, 2.24) is 13.9 Å². The molecule has 0 aliphatic carbocycles. The fourth-order valence-corrected chi connectivity index (χ4v) is 6.58. The Labute approximate surface area is 251 Å². The van der Waals surface area contributed by atoms with Crippen LogP contribution in [0.3, 0.4) is 0 Å². The highest BCUT2D eigenvalue weighted by atomic mass is 32.2. The number of carbonyl (C=O) groups is 1. The van der Waals surface area contributed by atoms with E-state index in [1.165, 1.54) is 10.2 Å². The summed E-state index contributed by atoms with van der Waals surface area (Å²) >= 11 is 0. The summed E-state index contributed by atoms with van der Waals surface area (Å²) in [5, 5.41) is 0.684. The molecule has 0 atom stereocenters. The number of nitrogens with zero attached hydrogens (tertiary/aromatic N) is 4. The van der Waals surface area contributed by atoms with Crippen LogP contribution in [0.1, 0.15) is 23.1 Å². The van der Waals surface area contributed by atoms with Crippen molar-refractivity contribution in [2.75, 3.05) is 25.1 Å². The van der Waals surface area contributed by atoms with E-state index in [0.717, 1.165) is 23.1 Å². The van der Waals surface area contributed by atoms with Crippen LogP contribution in [0.15, 0.2) is 102 Å². The van der Waals surface area contributed by atoms with Crippen molar-refractivity contribution >= 4 is 32.8 Å². The highest BCUT2D eigenvalue weighted by Gasteiger charge is 2.29. The van der Waals surface area contributed by atoms with Gasteiger partial charge < -0.3 is 14.4 Å². The molecule has 6 rings (SSSR count). The Morgan fingerprint density at radius 2 is 1.70 bits per heavy atom. The van der Waals surface area contributed by atoms with Crippen LogP contribution in [0.2, 0.25) is 0 Å². The number of methoxy groups -OCH3 is 1. The van der Waals surface area contributed by atoms with Crippen molar-refractivity contribution in [3.8, 4) is 11.5 Å². The minimum absolute atomic E-state index is 0.137. The van der Waals surface area contributed by atoms with Crippen molar-refractivity contribution in [2.24, 2.45) is 0 Å². The zero-order valence-corrected chi connectivity index (χ0v) is 24.8. The Morgan fingerprint density at radius 1 is 0.907 bits per heavy atom. The maximum Gasteiger partial charge on any atom is 0.324 e. The number of urea groups is 1. The lowest BCUT2D eigenvalue weighted by Crippen LogP contribution is -2.49. The molecule has 1 saturated heterocycles. The van der Waals surface area contributed by atoms with E-state index in [9.17, 15) is 13.2 Å². The third-order valence-electron chi connectivity index (χ3n) is 7.59. The molecule has 10 heteroatoms. The minimum Gasteiger partial charge on any atom is -0.493 e. The van der Waals surface area contributed by atoms with E-state index in [0.29, 0.717) is 54.5 Å². The number of carbonyl (C=O) groups excluding carboxylic acids is 1. The summed E-state index contributed by atoms with van der Waals surface area (Å²) in [6.45, 7) is 3.74. The second kappa shape index (κ2) is 11.8. The molecule has 2 amide bonds. The van der Waals surface area contributed by atoms with E-state index in [-0.39, 0.29) is 10.9 Å².